The fraction of sp³-hybridized carbons (Fsp3) is 0.500. The van der Waals surface area contributed by atoms with Crippen LogP contribution in [0.3, 0.4) is 0 Å². The molecule has 142 valence electrons. The van der Waals surface area contributed by atoms with E-state index in [-0.39, 0.29) is 11.9 Å². The molecule has 1 aromatic heterocycles. The predicted molar refractivity (Wildman–Crippen MR) is 104 cm³/mol. The summed E-state index contributed by atoms with van der Waals surface area (Å²) in [5.74, 6) is -0.622. The molecule has 1 aromatic carbocycles. The third kappa shape index (κ3) is 3.68. The van der Waals surface area contributed by atoms with Crippen molar-refractivity contribution >= 4 is 22.8 Å². The van der Waals surface area contributed by atoms with Crippen LogP contribution in [-0.2, 0) is 22.4 Å². The van der Waals surface area contributed by atoms with Crippen LogP contribution in [0, 0.1) is 0 Å². The Kier molecular flexibility index (Phi) is 5.10. The molecule has 5 nitrogen and oxygen atoms in total. The number of esters is 1. The zero-order chi connectivity index (χ0) is 18.8. The van der Waals surface area contributed by atoms with E-state index < -0.39 is 12.1 Å². The minimum absolute atomic E-state index is 0.206. The second-order valence-electron chi connectivity index (χ2n) is 7.67. The average Bonchev–Trinajstić information content (AvgIpc) is 3.18. The maximum Gasteiger partial charge on any atom is 0.339 e. The molecular formula is C22H26N2O3. The number of amides is 1. The Morgan fingerprint density at radius 3 is 2.67 bits per heavy atom. The van der Waals surface area contributed by atoms with Crippen LogP contribution in [0.15, 0.2) is 24.3 Å². The van der Waals surface area contributed by atoms with E-state index in [2.05, 4.69) is 5.32 Å². The van der Waals surface area contributed by atoms with Gasteiger partial charge >= 0.3 is 5.97 Å². The molecule has 0 unspecified atom stereocenters. The Labute approximate surface area is 159 Å². The Balaban J connectivity index is 1.59. The van der Waals surface area contributed by atoms with Crippen LogP contribution in [0.25, 0.3) is 10.9 Å². The van der Waals surface area contributed by atoms with Crippen molar-refractivity contribution < 1.29 is 14.3 Å². The molecule has 0 saturated heterocycles. The molecule has 0 radical (unpaired) electrons. The van der Waals surface area contributed by atoms with Crippen LogP contribution >= 0.6 is 0 Å². The molecule has 0 spiro atoms. The molecule has 2 aromatic rings. The van der Waals surface area contributed by atoms with Gasteiger partial charge < -0.3 is 10.1 Å². The van der Waals surface area contributed by atoms with Gasteiger partial charge in [-0.15, -0.1) is 0 Å². The summed E-state index contributed by atoms with van der Waals surface area (Å²) in [7, 11) is 0. The largest absolute Gasteiger partial charge is 0.449 e. The highest BCUT2D eigenvalue weighted by Gasteiger charge is 2.27. The number of hydrogen-bond donors (Lipinski definition) is 1. The number of carbonyl (C=O) groups excluding carboxylic acids is 2. The smallest absolute Gasteiger partial charge is 0.339 e. The second kappa shape index (κ2) is 7.67. The first-order valence-electron chi connectivity index (χ1n) is 10.1. The number of nitrogens with zero attached hydrogens (tertiary/aromatic N) is 1. The fourth-order valence-corrected chi connectivity index (χ4v) is 4.27. The van der Waals surface area contributed by atoms with Crippen LogP contribution in [0.5, 0.6) is 0 Å². The van der Waals surface area contributed by atoms with Gasteiger partial charge in [-0.25, -0.2) is 4.79 Å². The number of rotatable bonds is 4. The lowest BCUT2D eigenvalue weighted by molar-refractivity contribution is -0.129. The van der Waals surface area contributed by atoms with Gasteiger partial charge in [0.05, 0.1) is 11.1 Å². The van der Waals surface area contributed by atoms with Gasteiger partial charge in [-0.3, -0.25) is 9.78 Å². The molecule has 0 bridgehead atoms. The molecule has 4 rings (SSSR count). The zero-order valence-electron chi connectivity index (χ0n) is 15.8. The van der Waals surface area contributed by atoms with Gasteiger partial charge in [-0.2, -0.15) is 0 Å². The minimum Gasteiger partial charge on any atom is -0.449 e. The van der Waals surface area contributed by atoms with E-state index in [1.54, 1.807) is 6.92 Å². The van der Waals surface area contributed by atoms with E-state index in [9.17, 15) is 9.59 Å². The summed E-state index contributed by atoms with van der Waals surface area (Å²) < 4.78 is 5.60. The zero-order valence-corrected chi connectivity index (χ0v) is 15.8. The Morgan fingerprint density at radius 2 is 1.85 bits per heavy atom. The summed E-state index contributed by atoms with van der Waals surface area (Å²) in [4.78, 5) is 30.2. The summed E-state index contributed by atoms with van der Waals surface area (Å²) in [6, 6.07) is 7.89. The van der Waals surface area contributed by atoms with Crippen molar-refractivity contribution in [1.29, 1.82) is 0 Å². The van der Waals surface area contributed by atoms with Gasteiger partial charge in [0.15, 0.2) is 6.10 Å². The standard InChI is InChI=1S/C22H26N2O3/c1-14(21(25)23-15-8-2-3-9-15)27-22(26)20-16-10-4-6-12-18(16)24-19-13-7-5-11-17(19)20/h4,6,10,12,14-15H,2-3,5,7-9,11,13H2,1H3,(H,23,25)/t14-/m1/s1. The molecule has 1 fully saturated rings. The summed E-state index contributed by atoms with van der Waals surface area (Å²) in [5.41, 5.74) is 3.40. The van der Waals surface area contributed by atoms with Crippen LogP contribution in [0.2, 0.25) is 0 Å². The van der Waals surface area contributed by atoms with E-state index in [0.29, 0.717) is 5.56 Å². The summed E-state index contributed by atoms with van der Waals surface area (Å²) in [6.07, 6.45) is 7.37. The lowest BCUT2D eigenvalue weighted by Gasteiger charge is -2.21. The number of fused-ring (bicyclic) bond motifs is 2. The summed E-state index contributed by atoms with van der Waals surface area (Å²) >= 11 is 0. The van der Waals surface area contributed by atoms with E-state index in [4.69, 9.17) is 9.72 Å². The molecular weight excluding hydrogens is 340 g/mol. The molecule has 2 aliphatic rings. The van der Waals surface area contributed by atoms with Crippen molar-refractivity contribution in [3.63, 3.8) is 0 Å². The third-order valence-corrected chi connectivity index (χ3v) is 5.73. The SMILES string of the molecule is C[C@@H](OC(=O)c1c2c(nc3ccccc13)CCCC2)C(=O)NC1CCCC1. The molecule has 27 heavy (non-hydrogen) atoms. The Hall–Kier alpha value is -2.43. The number of aromatic nitrogens is 1. The molecule has 1 heterocycles. The molecule has 2 aliphatic carbocycles. The van der Waals surface area contributed by atoms with Crippen LogP contribution in [0.4, 0.5) is 0 Å². The molecule has 1 atom stereocenters. The quantitative estimate of drug-likeness (QED) is 0.838. The highest BCUT2D eigenvalue weighted by Crippen LogP contribution is 2.30. The molecule has 1 saturated carbocycles. The van der Waals surface area contributed by atoms with Crippen molar-refractivity contribution in [2.45, 2.75) is 70.4 Å². The van der Waals surface area contributed by atoms with Gasteiger partial charge in [-0.05, 0) is 57.1 Å². The van der Waals surface area contributed by atoms with Crippen molar-refractivity contribution in [2.75, 3.05) is 0 Å². The maximum absolute atomic E-state index is 13.1. The van der Waals surface area contributed by atoms with Crippen molar-refractivity contribution in [1.82, 2.24) is 10.3 Å². The fourth-order valence-electron chi connectivity index (χ4n) is 4.27. The van der Waals surface area contributed by atoms with Crippen LogP contribution in [-0.4, -0.2) is 29.0 Å². The topological polar surface area (TPSA) is 68.3 Å². The Morgan fingerprint density at radius 1 is 1.11 bits per heavy atom. The molecule has 1 amide bonds. The maximum atomic E-state index is 13.1. The highest BCUT2D eigenvalue weighted by atomic mass is 16.5. The van der Waals surface area contributed by atoms with Crippen LogP contribution in [0.1, 0.15) is 67.1 Å². The summed E-state index contributed by atoms with van der Waals surface area (Å²) in [6.45, 7) is 1.65. The lowest BCUT2D eigenvalue weighted by atomic mass is 9.90. The van der Waals surface area contributed by atoms with Gasteiger partial charge in [0, 0.05) is 17.1 Å². The van der Waals surface area contributed by atoms with Gasteiger partial charge in [-0.1, -0.05) is 31.0 Å². The first-order valence-corrected chi connectivity index (χ1v) is 10.1. The monoisotopic (exact) mass is 366 g/mol. The van der Waals surface area contributed by atoms with E-state index >= 15 is 0 Å². The Bertz CT molecular complexity index is 871. The summed E-state index contributed by atoms with van der Waals surface area (Å²) in [5, 5.41) is 3.82. The first kappa shape index (κ1) is 18.0. The number of pyridine rings is 1. The van der Waals surface area contributed by atoms with Crippen molar-refractivity contribution in [3.8, 4) is 0 Å². The van der Waals surface area contributed by atoms with E-state index in [1.807, 2.05) is 24.3 Å². The number of hydrogen-bond acceptors (Lipinski definition) is 4. The number of carbonyl (C=O) groups is 2. The van der Waals surface area contributed by atoms with E-state index in [1.165, 1.54) is 0 Å². The van der Waals surface area contributed by atoms with E-state index in [0.717, 1.165) is 73.5 Å². The number of benzene rings is 1. The number of para-hydroxylation sites is 1. The predicted octanol–water partition coefficient (Wildman–Crippen LogP) is 3.72. The number of aryl methyl sites for hydroxylation is 1. The number of ether oxygens (including phenoxy) is 1. The minimum atomic E-state index is -0.802. The number of nitrogens with one attached hydrogen (secondary N) is 1. The normalized spacial score (nSPS) is 18.1. The van der Waals surface area contributed by atoms with Gasteiger partial charge in [0.1, 0.15) is 0 Å². The van der Waals surface area contributed by atoms with Crippen molar-refractivity contribution in [2.24, 2.45) is 0 Å². The molecule has 5 heteroatoms. The van der Waals surface area contributed by atoms with Crippen LogP contribution < -0.4 is 5.32 Å². The highest BCUT2D eigenvalue weighted by molar-refractivity contribution is 6.05. The average molecular weight is 366 g/mol. The second-order valence-corrected chi connectivity index (χ2v) is 7.67. The molecule has 0 aliphatic heterocycles. The van der Waals surface area contributed by atoms with Gasteiger partial charge in [0.2, 0.25) is 0 Å². The third-order valence-electron chi connectivity index (χ3n) is 5.73. The lowest BCUT2D eigenvalue weighted by Crippen LogP contribution is -2.41. The van der Waals surface area contributed by atoms with Crippen molar-refractivity contribution in [3.05, 3.63) is 41.1 Å². The molecule has 1 N–H and O–H groups in total. The first-order chi connectivity index (χ1) is 13.1. The van der Waals surface area contributed by atoms with Gasteiger partial charge in [0.25, 0.3) is 5.91 Å².